The van der Waals surface area contributed by atoms with Crippen LogP contribution in [0.1, 0.15) is 5.56 Å². The van der Waals surface area contributed by atoms with Crippen LogP contribution in [0.25, 0.3) is 10.8 Å². The lowest BCUT2D eigenvalue weighted by atomic mass is 10.1. The molecule has 12 heteroatoms. The molecule has 1 N–H and O–H groups in total. The molecule has 0 aliphatic carbocycles. The normalized spacial score (nSPS) is 14.2. The van der Waals surface area contributed by atoms with Gasteiger partial charge < -0.3 is 9.64 Å². The first kappa shape index (κ1) is 25.1. The number of anilines is 2. The predicted molar refractivity (Wildman–Crippen MR) is 138 cm³/mol. The molecule has 4 rings (SSSR count). The number of fused-ring (bicyclic) bond motifs is 1. The molecule has 1 amide bonds. The molecule has 1 fully saturated rings. The fourth-order valence-electron chi connectivity index (χ4n) is 4.00. The van der Waals surface area contributed by atoms with E-state index < -0.39 is 27.4 Å². The molecule has 0 aromatic heterocycles. The van der Waals surface area contributed by atoms with E-state index in [2.05, 4.69) is 10.5 Å². The summed E-state index contributed by atoms with van der Waals surface area (Å²) >= 11 is 0. The third-order valence-electron chi connectivity index (χ3n) is 5.69. The van der Waals surface area contributed by atoms with Gasteiger partial charge in [-0.1, -0.05) is 36.4 Å². The van der Waals surface area contributed by atoms with Gasteiger partial charge in [0.1, 0.15) is 6.54 Å². The first-order valence-corrected chi connectivity index (χ1v) is 13.0. The number of hydrazone groups is 1. The summed E-state index contributed by atoms with van der Waals surface area (Å²) in [4.78, 5) is 25.5. The Morgan fingerprint density at radius 1 is 1.17 bits per heavy atom. The summed E-state index contributed by atoms with van der Waals surface area (Å²) in [5.74, 6) is -0.664. The molecule has 0 bridgehead atoms. The van der Waals surface area contributed by atoms with Crippen molar-refractivity contribution in [3.05, 3.63) is 76.3 Å². The van der Waals surface area contributed by atoms with Crippen LogP contribution in [-0.4, -0.2) is 64.6 Å². The van der Waals surface area contributed by atoms with E-state index in [9.17, 15) is 23.3 Å². The van der Waals surface area contributed by atoms with Crippen LogP contribution in [0.5, 0.6) is 0 Å². The Hall–Kier alpha value is -4.03. The van der Waals surface area contributed by atoms with Crippen molar-refractivity contribution in [1.29, 1.82) is 0 Å². The topological polar surface area (TPSA) is 134 Å². The molecular formula is C24H25N5O6S. The highest BCUT2D eigenvalue weighted by Gasteiger charge is 2.23. The van der Waals surface area contributed by atoms with Gasteiger partial charge in [-0.3, -0.25) is 19.2 Å². The van der Waals surface area contributed by atoms with Gasteiger partial charge in [-0.25, -0.2) is 13.8 Å². The van der Waals surface area contributed by atoms with E-state index in [0.717, 1.165) is 21.6 Å². The molecule has 1 saturated heterocycles. The molecule has 0 spiro atoms. The van der Waals surface area contributed by atoms with Crippen LogP contribution < -0.4 is 14.6 Å². The summed E-state index contributed by atoms with van der Waals surface area (Å²) in [5.41, 5.74) is 3.77. The van der Waals surface area contributed by atoms with Crippen molar-refractivity contribution in [2.75, 3.05) is 48.3 Å². The van der Waals surface area contributed by atoms with Gasteiger partial charge in [-0.15, -0.1) is 0 Å². The van der Waals surface area contributed by atoms with Crippen LogP contribution >= 0.6 is 0 Å². The summed E-state index contributed by atoms with van der Waals surface area (Å²) in [6, 6.07) is 16.9. The van der Waals surface area contributed by atoms with Gasteiger partial charge in [-0.2, -0.15) is 5.10 Å². The molecule has 0 radical (unpaired) electrons. The predicted octanol–water partition coefficient (Wildman–Crippen LogP) is 2.50. The zero-order valence-corrected chi connectivity index (χ0v) is 20.3. The van der Waals surface area contributed by atoms with Gasteiger partial charge >= 0.3 is 0 Å². The minimum Gasteiger partial charge on any atom is -0.378 e. The van der Waals surface area contributed by atoms with E-state index in [4.69, 9.17) is 4.74 Å². The zero-order chi connectivity index (χ0) is 25.7. The SMILES string of the molecule is CS(=O)(=O)N(CC(=O)N/N=C\c1cc([N+](=O)[O-])ccc1N1CCOCC1)c1cccc2ccccc12. The Bertz CT molecular complexity index is 1410. The number of benzene rings is 3. The molecular weight excluding hydrogens is 486 g/mol. The van der Waals surface area contributed by atoms with Gasteiger partial charge in [0.05, 0.1) is 36.3 Å². The molecule has 188 valence electrons. The highest BCUT2D eigenvalue weighted by atomic mass is 32.2. The molecule has 1 aliphatic heterocycles. The van der Waals surface area contributed by atoms with Crippen molar-refractivity contribution in [3.8, 4) is 0 Å². The fraction of sp³-hybridized carbons (Fsp3) is 0.250. The van der Waals surface area contributed by atoms with Gasteiger partial charge in [-0.05, 0) is 17.5 Å². The van der Waals surface area contributed by atoms with Gasteiger partial charge in [0.25, 0.3) is 11.6 Å². The minimum atomic E-state index is -3.79. The fourth-order valence-corrected chi connectivity index (χ4v) is 4.87. The molecule has 0 saturated carbocycles. The summed E-state index contributed by atoms with van der Waals surface area (Å²) in [6.07, 6.45) is 2.35. The number of ether oxygens (including phenoxy) is 1. The number of morpholine rings is 1. The number of amides is 1. The van der Waals surface area contributed by atoms with E-state index in [1.165, 1.54) is 18.3 Å². The number of carbonyl (C=O) groups excluding carboxylic acids is 1. The largest absolute Gasteiger partial charge is 0.378 e. The molecule has 0 unspecified atom stereocenters. The monoisotopic (exact) mass is 511 g/mol. The smallest absolute Gasteiger partial charge is 0.270 e. The number of nitrogens with one attached hydrogen (secondary N) is 1. The van der Waals surface area contributed by atoms with E-state index in [0.29, 0.717) is 42.9 Å². The Morgan fingerprint density at radius 2 is 1.89 bits per heavy atom. The summed E-state index contributed by atoms with van der Waals surface area (Å²) < 4.78 is 31.5. The van der Waals surface area contributed by atoms with Crippen LogP contribution in [0.4, 0.5) is 17.1 Å². The lowest BCUT2D eigenvalue weighted by molar-refractivity contribution is -0.384. The number of carbonyl (C=O) groups is 1. The number of nitro groups is 1. The van der Waals surface area contributed by atoms with Gasteiger partial charge in [0.15, 0.2) is 0 Å². The summed E-state index contributed by atoms with van der Waals surface area (Å²) in [7, 11) is -3.79. The Balaban J connectivity index is 1.55. The third kappa shape index (κ3) is 5.78. The molecule has 3 aromatic carbocycles. The second-order valence-corrected chi connectivity index (χ2v) is 10.1. The highest BCUT2D eigenvalue weighted by molar-refractivity contribution is 7.92. The number of sulfonamides is 1. The van der Waals surface area contributed by atoms with E-state index in [1.54, 1.807) is 30.3 Å². The minimum absolute atomic E-state index is 0.112. The summed E-state index contributed by atoms with van der Waals surface area (Å²) in [5, 5.41) is 16.7. The van der Waals surface area contributed by atoms with Crippen molar-refractivity contribution in [2.45, 2.75) is 0 Å². The first-order chi connectivity index (χ1) is 17.2. The summed E-state index contributed by atoms with van der Waals surface area (Å²) in [6.45, 7) is 1.79. The number of nitro benzene ring substituents is 1. The van der Waals surface area contributed by atoms with Crippen molar-refractivity contribution in [1.82, 2.24) is 5.43 Å². The molecule has 36 heavy (non-hydrogen) atoms. The molecule has 11 nitrogen and oxygen atoms in total. The van der Waals surface area contributed by atoms with Gasteiger partial charge in [0, 0.05) is 41.9 Å². The van der Waals surface area contributed by atoms with Gasteiger partial charge in [0.2, 0.25) is 10.0 Å². The average Bonchev–Trinajstić information content (AvgIpc) is 2.87. The highest BCUT2D eigenvalue weighted by Crippen LogP contribution is 2.28. The molecule has 0 atom stereocenters. The number of nitrogens with zero attached hydrogens (tertiary/aromatic N) is 4. The molecule has 1 aliphatic rings. The number of hydrogen-bond donors (Lipinski definition) is 1. The van der Waals surface area contributed by atoms with Crippen LogP contribution in [0.15, 0.2) is 65.8 Å². The third-order valence-corrected chi connectivity index (χ3v) is 6.82. The van der Waals surface area contributed by atoms with Crippen molar-refractivity contribution >= 4 is 50.0 Å². The maximum absolute atomic E-state index is 12.7. The first-order valence-electron chi connectivity index (χ1n) is 11.1. The van der Waals surface area contributed by atoms with Crippen molar-refractivity contribution in [2.24, 2.45) is 5.10 Å². The molecule has 3 aromatic rings. The number of hydrogen-bond acceptors (Lipinski definition) is 8. The van der Waals surface area contributed by atoms with Crippen LogP contribution in [0, 0.1) is 10.1 Å². The van der Waals surface area contributed by atoms with Crippen molar-refractivity contribution in [3.63, 3.8) is 0 Å². The Kier molecular flexibility index (Phi) is 7.46. The number of non-ortho nitro benzene ring substituents is 1. The molecule has 1 heterocycles. The van der Waals surface area contributed by atoms with E-state index in [1.807, 2.05) is 23.1 Å². The van der Waals surface area contributed by atoms with Crippen LogP contribution in [0.2, 0.25) is 0 Å². The maximum atomic E-state index is 12.7. The number of rotatable bonds is 8. The Morgan fingerprint density at radius 3 is 2.61 bits per heavy atom. The van der Waals surface area contributed by atoms with Crippen molar-refractivity contribution < 1.29 is 22.9 Å². The lowest BCUT2D eigenvalue weighted by Crippen LogP contribution is -2.39. The lowest BCUT2D eigenvalue weighted by Gasteiger charge is -2.29. The van der Waals surface area contributed by atoms with Crippen LogP contribution in [-0.2, 0) is 19.6 Å². The van der Waals surface area contributed by atoms with E-state index in [-0.39, 0.29) is 5.69 Å². The average molecular weight is 512 g/mol. The second-order valence-electron chi connectivity index (χ2n) is 8.16. The Labute approximate surface area is 208 Å². The maximum Gasteiger partial charge on any atom is 0.270 e. The van der Waals surface area contributed by atoms with E-state index >= 15 is 0 Å². The standard InChI is InChI=1S/C24H25N5O6S/c1-36(33,34)28(23-8-4-6-18-5-2-3-7-21(18)23)17-24(30)26-25-16-19-15-20(29(31)32)9-10-22(19)27-11-13-35-14-12-27/h2-10,15-16H,11-14,17H2,1H3,(H,26,30)/b25-16-. The zero-order valence-electron chi connectivity index (χ0n) is 19.5. The quantitative estimate of drug-likeness (QED) is 0.279. The van der Waals surface area contributed by atoms with Crippen LogP contribution in [0.3, 0.4) is 0 Å². The second kappa shape index (κ2) is 10.7.